The van der Waals surface area contributed by atoms with Crippen molar-refractivity contribution in [2.75, 3.05) is 13.2 Å². The molecule has 1 amide bonds. The second kappa shape index (κ2) is 16.4. The van der Waals surface area contributed by atoms with Crippen molar-refractivity contribution in [3.05, 3.63) is 158 Å². The summed E-state index contributed by atoms with van der Waals surface area (Å²) < 4.78 is 47.6. The van der Waals surface area contributed by atoms with Gasteiger partial charge in [0.15, 0.2) is 6.04 Å². The van der Waals surface area contributed by atoms with Gasteiger partial charge in [-0.05, 0) is 65.2 Å². The third-order valence-corrected chi connectivity index (χ3v) is 9.92. The van der Waals surface area contributed by atoms with Crippen LogP contribution in [0.15, 0.2) is 121 Å². The molecule has 1 heterocycles. The van der Waals surface area contributed by atoms with Crippen molar-refractivity contribution < 1.29 is 32.6 Å². The number of rotatable bonds is 15. The predicted molar refractivity (Wildman–Crippen MR) is 189 cm³/mol. The molecule has 0 aliphatic heterocycles. The van der Waals surface area contributed by atoms with E-state index in [4.69, 9.17) is 16.3 Å². The fourth-order valence-electron chi connectivity index (χ4n) is 5.94. The van der Waals surface area contributed by atoms with Gasteiger partial charge in [0.25, 0.3) is 0 Å². The Labute approximate surface area is 298 Å². The Morgan fingerprint density at radius 3 is 2.16 bits per heavy atom. The zero-order valence-electron chi connectivity index (χ0n) is 27.2. The minimum Gasteiger partial charge on any atom is -0.494 e. The topological polar surface area (TPSA) is 78.9 Å². The van der Waals surface area contributed by atoms with E-state index in [1.54, 1.807) is 47.8 Å². The average Bonchev–Trinajstić information content (AvgIpc) is 3.64. The molecule has 6 nitrogen and oxygen atoms in total. The lowest BCUT2D eigenvalue weighted by Crippen LogP contribution is -2.45. The molecule has 5 rings (SSSR count). The second-order valence-electron chi connectivity index (χ2n) is 11.9. The van der Waals surface area contributed by atoms with Crippen molar-refractivity contribution in [1.82, 2.24) is 10.2 Å². The van der Waals surface area contributed by atoms with Crippen LogP contribution in [0.3, 0.4) is 0 Å². The summed E-state index contributed by atoms with van der Waals surface area (Å²) in [6.07, 6.45) is -4.12. The largest absolute Gasteiger partial charge is 0.494 e. The lowest BCUT2D eigenvalue weighted by atomic mass is 9.82. The Hall–Kier alpha value is -4.64. The average molecular weight is 721 g/mol. The van der Waals surface area contributed by atoms with Crippen LogP contribution in [0.1, 0.15) is 52.1 Å². The van der Waals surface area contributed by atoms with Crippen molar-refractivity contribution >= 4 is 34.8 Å². The van der Waals surface area contributed by atoms with Gasteiger partial charge >= 0.3 is 12.1 Å². The van der Waals surface area contributed by atoms with Gasteiger partial charge in [-0.1, -0.05) is 103 Å². The highest BCUT2D eigenvalue weighted by molar-refractivity contribution is 7.10. The first-order valence-corrected chi connectivity index (χ1v) is 17.2. The van der Waals surface area contributed by atoms with Gasteiger partial charge in [0.2, 0.25) is 5.91 Å². The SMILES string of the molecule is CC(c1ccccc1)(c1ccccc1)N(CCCOc1cccc(CC(=O)NC(C(=O)O)c2cccs2)c1)Cc1cccc(C(F)(F)F)c1Cl. The number of carbonyl (C=O) groups is 2. The number of halogens is 4. The molecule has 4 aromatic carbocycles. The van der Waals surface area contributed by atoms with Crippen LogP contribution in [0.4, 0.5) is 13.2 Å². The molecule has 0 aliphatic rings. The van der Waals surface area contributed by atoms with Gasteiger partial charge in [-0.15, -0.1) is 11.3 Å². The number of nitrogens with zero attached hydrogens (tertiary/aromatic N) is 1. The van der Waals surface area contributed by atoms with Crippen LogP contribution in [0, 0.1) is 0 Å². The number of alkyl halides is 3. The molecular formula is C39H36ClF3N2O4S. The number of thiophene rings is 1. The van der Waals surface area contributed by atoms with Crippen molar-refractivity contribution in [2.24, 2.45) is 0 Å². The number of aliphatic carboxylic acids is 1. The third-order valence-electron chi connectivity index (χ3n) is 8.53. The summed E-state index contributed by atoms with van der Waals surface area (Å²) in [6.45, 7) is 2.91. The zero-order valence-corrected chi connectivity index (χ0v) is 28.8. The Morgan fingerprint density at radius 2 is 1.56 bits per heavy atom. The Bertz CT molecular complexity index is 1830. The van der Waals surface area contributed by atoms with Crippen LogP contribution in [0.25, 0.3) is 0 Å². The summed E-state index contributed by atoms with van der Waals surface area (Å²) in [5.41, 5.74) is 1.31. The van der Waals surface area contributed by atoms with Crippen LogP contribution in [0.5, 0.6) is 5.75 Å². The molecule has 0 saturated carbocycles. The molecule has 0 aliphatic carbocycles. The monoisotopic (exact) mass is 720 g/mol. The van der Waals surface area contributed by atoms with Crippen molar-refractivity contribution in [3.8, 4) is 5.75 Å². The summed E-state index contributed by atoms with van der Waals surface area (Å²) in [4.78, 5) is 27.2. The van der Waals surface area contributed by atoms with E-state index in [1.807, 2.05) is 60.7 Å². The summed E-state index contributed by atoms with van der Waals surface area (Å²) in [6, 6.07) is 32.9. The van der Waals surface area contributed by atoms with Crippen LogP contribution in [0.2, 0.25) is 5.02 Å². The number of carboxylic acids is 1. The van der Waals surface area contributed by atoms with E-state index in [9.17, 15) is 27.9 Å². The highest BCUT2D eigenvalue weighted by Gasteiger charge is 2.38. The van der Waals surface area contributed by atoms with Gasteiger partial charge in [0.05, 0.1) is 29.2 Å². The molecule has 5 aromatic rings. The maximum Gasteiger partial charge on any atom is 0.417 e. The highest BCUT2D eigenvalue weighted by atomic mass is 35.5. The fraction of sp³-hybridized carbons (Fsp3) is 0.231. The molecule has 0 spiro atoms. The number of hydrogen-bond donors (Lipinski definition) is 2. The number of amides is 1. The molecule has 2 N–H and O–H groups in total. The lowest BCUT2D eigenvalue weighted by Gasteiger charge is -2.43. The molecule has 0 fully saturated rings. The molecule has 11 heteroatoms. The number of carbonyl (C=O) groups excluding carboxylic acids is 1. The molecule has 1 unspecified atom stereocenters. The minimum atomic E-state index is -4.59. The summed E-state index contributed by atoms with van der Waals surface area (Å²) in [5, 5.41) is 13.6. The zero-order chi connectivity index (χ0) is 35.7. The van der Waals surface area contributed by atoms with Gasteiger partial charge < -0.3 is 15.2 Å². The van der Waals surface area contributed by atoms with E-state index in [-0.39, 0.29) is 24.6 Å². The molecular weight excluding hydrogens is 685 g/mol. The summed E-state index contributed by atoms with van der Waals surface area (Å²) in [7, 11) is 0. The maximum atomic E-state index is 13.8. The van der Waals surface area contributed by atoms with E-state index in [2.05, 4.69) is 17.1 Å². The Kier molecular flexibility index (Phi) is 12.0. The molecule has 0 bridgehead atoms. The highest BCUT2D eigenvalue weighted by Crippen LogP contribution is 2.40. The number of carboxylic acid groups (broad SMARTS) is 1. The van der Waals surface area contributed by atoms with E-state index in [1.165, 1.54) is 17.4 Å². The number of nitrogens with one attached hydrogen (secondary N) is 1. The number of hydrogen-bond acceptors (Lipinski definition) is 5. The minimum absolute atomic E-state index is 0.0373. The summed E-state index contributed by atoms with van der Waals surface area (Å²) >= 11 is 7.67. The quantitative estimate of drug-likeness (QED) is 0.106. The first kappa shape index (κ1) is 36.6. The van der Waals surface area contributed by atoms with E-state index < -0.39 is 35.2 Å². The Morgan fingerprint density at radius 1 is 0.900 bits per heavy atom. The van der Waals surface area contributed by atoms with Gasteiger partial charge in [0.1, 0.15) is 5.75 Å². The van der Waals surface area contributed by atoms with Crippen LogP contribution >= 0.6 is 22.9 Å². The second-order valence-corrected chi connectivity index (χ2v) is 13.2. The number of ether oxygens (including phenoxy) is 1. The van der Waals surface area contributed by atoms with E-state index in [0.717, 1.165) is 17.2 Å². The van der Waals surface area contributed by atoms with Crippen molar-refractivity contribution in [3.63, 3.8) is 0 Å². The van der Waals surface area contributed by atoms with Gasteiger partial charge in [-0.3, -0.25) is 9.69 Å². The Balaban J connectivity index is 1.33. The molecule has 1 aromatic heterocycles. The molecule has 260 valence electrons. The van der Waals surface area contributed by atoms with Crippen molar-refractivity contribution in [2.45, 2.75) is 44.1 Å². The maximum absolute atomic E-state index is 13.8. The van der Waals surface area contributed by atoms with Crippen LogP contribution < -0.4 is 10.1 Å². The third kappa shape index (κ3) is 8.93. The van der Waals surface area contributed by atoms with Crippen molar-refractivity contribution in [1.29, 1.82) is 0 Å². The smallest absolute Gasteiger partial charge is 0.417 e. The first-order valence-electron chi connectivity index (χ1n) is 15.9. The van der Waals surface area contributed by atoms with Gasteiger partial charge in [0, 0.05) is 18.0 Å². The van der Waals surface area contributed by atoms with E-state index in [0.29, 0.717) is 34.7 Å². The van der Waals surface area contributed by atoms with Gasteiger partial charge in [-0.25, -0.2) is 4.79 Å². The molecule has 50 heavy (non-hydrogen) atoms. The number of benzene rings is 4. The molecule has 0 radical (unpaired) electrons. The van der Waals surface area contributed by atoms with Crippen LogP contribution in [-0.2, 0) is 34.3 Å². The van der Waals surface area contributed by atoms with E-state index >= 15 is 0 Å². The normalized spacial score (nSPS) is 12.4. The molecule has 0 saturated heterocycles. The molecule has 1 atom stereocenters. The standard InChI is InChI=1S/C39H36ClF3N2O4S/c1-38(29-14-4-2-5-15-29,30-16-6-3-7-17-30)45(26-28-13-9-19-32(35(28)40)39(41,42)43)21-11-22-49-31-18-8-12-27(24-31)25-34(46)44-36(37(47)48)33-20-10-23-50-33/h2-10,12-20,23-24,36H,11,21-22,25-26H2,1H3,(H,44,46)(H,47,48). The first-order chi connectivity index (χ1) is 24.0. The predicted octanol–water partition coefficient (Wildman–Crippen LogP) is 9.14. The summed E-state index contributed by atoms with van der Waals surface area (Å²) in [5.74, 6) is -1.05. The van der Waals surface area contributed by atoms with Gasteiger partial charge in [-0.2, -0.15) is 13.2 Å². The van der Waals surface area contributed by atoms with Crippen LogP contribution in [-0.4, -0.2) is 35.0 Å². The fourth-order valence-corrected chi connectivity index (χ4v) is 7.00. The lowest BCUT2D eigenvalue weighted by molar-refractivity contribution is -0.141.